The second kappa shape index (κ2) is 14.3. The van der Waals surface area contributed by atoms with Gasteiger partial charge in [0.05, 0.1) is 17.9 Å². The first-order valence-corrected chi connectivity index (χ1v) is 20.4. The van der Waals surface area contributed by atoms with Crippen LogP contribution >= 0.6 is 0 Å². The highest BCUT2D eigenvalue weighted by Crippen LogP contribution is 2.46. The Morgan fingerprint density at radius 1 is 0.377 bits per heavy atom. The number of para-hydroxylation sites is 2. The van der Waals surface area contributed by atoms with Gasteiger partial charge in [-0.3, -0.25) is 0 Å². The maximum Gasteiger partial charge on any atom is 0.137 e. The van der Waals surface area contributed by atoms with Gasteiger partial charge in [0.25, 0.3) is 0 Å². The van der Waals surface area contributed by atoms with Crippen molar-refractivity contribution < 1.29 is 11.3 Å². The van der Waals surface area contributed by atoms with Crippen LogP contribution in [0.2, 0.25) is 0 Å². The Balaban J connectivity index is 1.04. The lowest BCUT2D eigenvalue weighted by atomic mass is 9.92. The molecule has 0 saturated carbocycles. The fraction of sp³-hybridized carbons (Fsp3) is 0. The Morgan fingerprint density at radius 2 is 0.934 bits per heavy atom. The summed E-state index contributed by atoms with van der Waals surface area (Å²) in [4.78, 5) is 2.27. The molecule has 0 radical (unpaired) electrons. The summed E-state index contributed by atoms with van der Waals surface area (Å²) in [5, 5.41) is 5.94. The highest BCUT2D eigenvalue weighted by molar-refractivity contribution is 6.25. The van der Waals surface area contributed by atoms with Gasteiger partial charge in [-0.1, -0.05) is 158 Å². The van der Waals surface area contributed by atoms with Crippen molar-refractivity contribution in [3.8, 4) is 39.1 Å². The van der Waals surface area contributed by atoms with Crippen molar-refractivity contribution in [3.05, 3.63) is 230 Å². The number of furan rings is 1. The predicted octanol–water partition coefficient (Wildman–Crippen LogP) is 16.3. The molecule has 10 aromatic carbocycles. The van der Waals surface area contributed by atoms with Gasteiger partial charge in [0, 0.05) is 50.4 Å². The van der Waals surface area contributed by atoms with Gasteiger partial charge in [-0.05, 0) is 111 Å². The van der Waals surface area contributed by atoms with Crippen molar-refractivity contribution in [1.29, 1.82) is 0 Å². The van der Waals surface area contributed by atoms with Crippen molar-refractivity contribution in [1.82, 2.24) is 4.57 Å². The van der Waals surface area contributed by atoms with Crippen LogP contribution < -0.4 is 4.90 Å². The number of aromatic nitrogens is 1. The summed E-state index contributed by atoms with van der Waals surface area (Å²) in [6.07, 6.45) is 0. The lowest BCUT2D eigenvalue weighted by molar-refractivity contribution is 0.669. The Labute approximate surface area is 360 Å². The summed E-state index contributed by atoms with van der Waals surface area (Å²) in [5.41, 5.74) is 12.6. The van der Waals surface area contributed by atoms with E-state index in [1.165, 1.54) is 0 Å². The van der Waals surface area contributed by atoms with Crippen LogP contribution in [0.5, 0.6) is 0 Å². The summed E-state index contributed by atoms with van der Waals surface area (Å²) < 4.78 is 51.9. The van der Waals surface area contributed by atoms with E-state index in [9.17, 15) is 0 Å². The van der Waals surface area contributed by atoms with Gasteiger partial charge in [0.15, 0.2) is 0 Å². The highest BCUT2D eigenvalue weighted by Gasteiger charge is 2.21. The molecule has 0 unspecified atom stereocenters. The summed E-state index contributed by atoms with van der Waals surface area (Å²) >= 11 is 0. The van der Waals surface area contributed by atoms with E-state index >= 15 is 0 Å². The summed E-state index contributed by atoms with van der Waals surface area (Å²) in [7, 11) is 0. The lowest BCUT2D eigenvalue weighted by Crippen LogP contribution is -2.09. The zero-order valence-corrected chi connectivity index (χ0v) is 32.9. The smallest absolute Gasteiger partial charge is 0.137 e. The quantitative estimate of drug-likeness (QED) is 0.161. The molecule has 0 bridgehead atoms. The summed E-state index contributed by atoms with van der Waals surface area (Å²) in [6.45, 7) is 0. The topological polar surface area (TPSA) is 21.3 Å². The van der Waals surface area contributed by atoms with Crippen molar-refractivity contribution in [2.45, 2.75) is 0 Å². The average molecular weight is 784 g/mol. The largest absolute Gasteiger partial charge is 0.456 e. The van der Waals surface area contributed by atoms with E-state index in [2.05, 4.69) is 157 Å². The van der Waals surface area contributed by atoms with Gasteiger partial charge in [0.2, 0.25) is 0 Å². The van der Waals surface area contributed by atoms with Gasteiger partial charge >= 0.3 is 0 Å². The Morgan fingerprint density at radius 3 is 1.61 bits per heavy atom. The Kier molecular flexibility index (Phi) is 7.03. The second-order valence-electron chi connectivity index (χ2n) is 15.3. The van der Waals surface area contributed by atoms with Crippen molar-refractivity contribution >= 4 is 71.6 Å². The number of benzene rings is 10. The maximum atomic E-state index is 8.94. The molecule has 0 saturated heterocycles. The van der Waals surface area contributed by atoms with Crippen LogP contribution in [0.3, 0.4) is 0 Å². The minimum absolute atomic E-state index is 0.117. The maximum absolute atomic E-state index is 8.94. The van der Waals surface area contributed by atoms with E-state index in [1.807, 2.05) is 53.1 Å². The number of hydrogen-bond donors (Lipinski definition) is 0. The molecule has 0 aliphatic carbocycles. The van der Waals surface area contributed by atoms with Crippen LogP contribution in [0.15, 0.2) is 235 Å². The molecule has 12 aromatic rings. The van der Waals surface area contributed by atoms with Crippen LogP contribution in [0.1, 0.15) is 6.85 Å². The van der Waals surface area contributed by atoms with E-state index in [-0.39, 0.29) is 29.9 Å². The average Bonchev–Trinajstić information content (AvgIpc) is 3.91. The highest BCUT2D eigenvalue weighted by atomic mass is 16.3. The third-order valence-electron chi connectivity index (χ3n) is 11.9. The normalized spacial score (nSPS) is 12.8. The molecule has 2 heterocycles. The predicted molar refractivity (Wildman–Crippen MR) is 257 cm³/mol. The third kappa shape index (κ3) is 5.82. The third-order valence-corrected chi connectivity index (χ3v) is 11.9. The zero-order chi connectivity index (χ0) is 44.6. The molecule has 0 spiro atoms. The van der Waals surface area contributed by atoms with E-state index < -0.39 is 6.04 Å². The molecule has 3 nitrogen and oxygen atoms in total. The molecular formula is C58H38N2O. The number of fused-ring (bicyclic) bond motifs is 8. The molecule has 3 heteroatoms. The number of nitrogens with zero attached hydrogens (tertiary/aromatic N) is 2. The van der Waals surface area contributed by atoms with Crippen molar-refractivity contribution in [2.75, 3.05) is 4.90 Å². The molecule has 61 heavy (non-hydrogen) atoms. The molecular weight excluding hydrogens is 741 g/mol. The molecule has 0 aliphatic rings. The second-order valence-corrected chi connectivity index (χ2v) is 15.3. The molecule has 0 atom stereocenters. The Bertz CT molecular complexity index is 3750. The fourth-order valence-electron chi connectivity index (χ4n) is 9.14. The first kappa shape index (κ1) is 30.0. The monoisotopic (exact) mass is 783 g/mol. The molecule has 0 fully saturated rings. The van der Waals surface area contributed by atoms with Gasteiger partial charge < -0.3 is 13.9 Å². The van der Waals surface area contributed by atoms with Gasteiger partial charge in [-0.2, -0.15) is 0 Å². The first-order chi connectivity index (χ1) is 32.3. The molecule has 12 rings (SSSR count). The van der Waals surface area contributed by atoms with Crippen LogP contribution in [-0.2, 0) is 0 Å². The van der Waals surface area contributed by atoms with Gasteiger partial charge in [-0.25, -0.2) is 0 Å². The first-order valence-electron chi connectivity index (χ1n) is 22.9. The van der Waals surface area contributed by atoms with E-state index in [1.54, 1.807) is 0 Å². The van der Waals surface area contributed by atoms with Gasteiger partial charge in [-0.15, -0.1) is 0 Å². The molecule has 2 aromatic heterocycles. The number of rotatable bonds is 7. The van der Waals surface area contributed by atoms with Crippen LogP contribution in [0, 0.1) is 0 Å². The van der Waals surface area contributed by atoms with Crippen molar-refractivity contribution in [3.63, 3.8) is 0 Å². The van der Waals surface area contributed by atoms with Crippen LogP contribution in [0.25, 0.3) is 93.6 Å². The van der Waals surface area contributed by atoms with Crippen LogP contribution in [-0.4, -0.2) is 4.57 Å². The van der Waals surface area contributed by atoms with E-state index in [4.69, 9.17) is 11.3 Å². The van der Waals surface area contributed by atoms with Crippen molar-refractivity contribution in [2.24, 2.45) is 0 Å². The molecule has 0 N–H and O–H groups in total. The molecule has 0 amide bonds. The summed E-state index contributed by atoms with van der Waals surface area (Å²) in [6, 6.07) is 67.4. The minimum atomic E-state index is -0.421. The minimum Gasteiger partial charge on any atom is -0.456 e. The summed E-state index contributed by atoms with van der Waals surface area (Å²) in [5.74, 6) is 0. The standard InChI is InChI=1S/C58H38N2O/c1-4-15-39(16-5-1)41-27-31-44(32-28-41)59(45-33-29-42(30-34-45)40-17-6-2-7-18-40)46-35-36-51-55(37-46)61-56-38-52(47-21-10-11-22-48(47)58(51)56)49-24-14-26-54-57(49)50-23-12-13-25-53(50)60(54)43-19-8-3-9-20-43/h1-38H/i3D,8D,9D,19D,20D. The number of hydrogen-bond acceptors (Lipinski definition) is 2. The fourth-order valence-corrected chi connectivity index (χ4v) is 9.14. The lowest BCUT2D eigenvalue weighted by Gasteiger charge is -2.26. The molecule has 286 valence electrons. The van der Waals surface area contributed by atoms with Crippen LogP contribution in [0.4, 0.5) is 17.1 Å². The van der Waals surface area contributed by atoms with E-state index in [0.29, 0.717) is 0 Å². The SMILES string of the molecule is [2H]c1c([2H])c([2H])c(-n2c3ccccc3c3c(-c4cc5oc6cc(N(c7ccc(-c8ccccc8)cc7)c7ccc(-c8ccccc8)cc7)ccc6c5c5ccccc45)cccc32)c([2H])c1[2H]. The zero-order valence-electron chi connectivity index (χ0n) is 37.9. The number of anilines is 3. The van der Waals surface area contributed by atoms with Gasteiger partial charge in [0.1, 0.15) is 11.2 Å². The van der Waals surface area contributed by atoms with E-state index in [0.717, 1.165) is 105 Å². The Hall–Kier alpha value is -8.14. The molecule has 0 aliphatic heterocycles.